The SMILES string of the molecule is CNC1CCC(c2nc(Cc3cccc(Cl)c3)no2)CC1. The van der Waals surface area contributed by atoms with Crippen LogP contribution in [0.5, 0.6) is 0 Å². The first-order valence-corrected chi connectivity index (χ1v) is 7.86. The minimum atomic E-state index is 0.412. The molecule has 1 aromatic carbocycles. The van der Waals surface area contributed by atoms with Crippen molar-refractivity contribution in [3.63, 3.8) is 0 Å². The van der Waals surface area contributed by atoms with Crippen molar-refractivity contribution in [3.05, 3.63) is 46.6 Å². The van der Waals surface area contributed by atoms with Crippen molar-refractivity contribution < 1.29 is 4.52 Å². The van der Waals surface area contributed by atoms with Gasteiger partial charge in [-0.2, -0.15) is 4.98 Å². The number of halogens is 1. The normalized spacial score (nSPS) is 22.4. The fraction of sp³-hybridized carbons (Fsp3) is 0.500. The summed E-state index contributed by atoms with van der Waals surface area (Å²) in [5.74, 6) is 1.94. The molecule has 0 bridgehead atoms. The van der Waals surface area contributed by atoms with Gasteiger partial charge >= 0.3 is 0 Å². The monoisotopic (exact) mass is 305 g/mol. The van der Waals surface area contributed by atoms with Gasteiger partial charge in [0.05, 0.1) is 0 Å². The second kappa shape index (κ2) is 6.58. The molecule has 0 radical (unpaired) electrons. The number of aromatic nitrogens is 2. The number of hydrogen-bond acceptors (Lipinski definition) is 4. The zero-order valence-electron chi connectivity index (χ0n) is 12.2. The van der Waals surface area contributed by atoms with Crippen LogP contribution in [0.4, 0.5) is 0 Å². The van der Waals surface area contributed by atoms with E-state index >= 15 is 0 Å². The molecule has 1 heterocycles. The van der Waals surface area contributed by atoms with Crippen LogP contribution in [-0.2, 0) is 6.42 Å². The van der Waals surface area contributed by atoms with Gasteiger partial charge in [0.2, 0.25) is 5.89 Å². The molecule has 1 saturated carbocycles. The van der Waals surface area contributed by atoms with E-state index in [-0.39, 0.29) is 0 Å². The lowest BCUT2D eigenvalue weighted by molar-refractivity contribution is 0.288. The summed E-state index contributed by atoms with van der Waals surface area (Å²) in [6, 6.07) is 8.41. The lowest BCUT2D eigenvalue weighted by Gasteiger charge is -2.25. The van der Waals surface area contributed by atoms with Crippen molar-refractivity contribution in [3.8, 4) is 0 Å². The maximum Gasteiger partial charge on any atom is 0.229 e. The number of benzene rings is 1. The average molecular weight is 306 g/mol. The van der Waals surface area contributed by atoms with Crippen molar-refractivity contribution in [1.82, 2.24) is 15.5 Å². The highest BCUT2D eigenvalue weighted by Crippen LogP contribution is 2.31. The minimum absolute atomic E-state index is 0.412. The molecule has 4 nitrogen and oxygen atoms in total. The molecule has 5 heteroatoms. The average Bonchev–Trinajstić information content (AvgIpc) is 2.96. The first-order chi connectivity index (χ1) is 10.2. The van der Waals surface area contributed by atoms with E-state index in [9.17, 15) is 0 Å². The van der Waals surface area contributed by atoms with E-state index in [4.69, 9.17) is 16.1 Å². The number of nitrogens with one attached hydrogen (secondary N) is 1. The first-order valence-electron chi connectivity index (χ1n) is 7.49. The summed E-state index contributed by atoms with van der Waals surface area (Å²) in [5.41, 5.74) is 1.11. The molecule has 0 aliphatic heterocycles. The molecule has 2 aromatic rings. The van der Waals surface area contributed by atoms with Gasteiger partial charge in [-0.15, -0.1) is 0 Å². The Morgan fingerprint density at radius 2 is 2.10 bits per heavy atom. The summed E-state index contributed by atoms with van der Waals surface area (Å²) in [6.07, 6.45) is 5.24. The second-order valence-corrected chi connectivity index (χ2v) is 6.13. The molecule has 0 atom stereocenters. The van der Waals surface area contributed by atoms with Crippen LogP contribution < -0.4 is 5.32 Å². The van der Waals surface area contributed by atoms with Gasteiger partial charge in [-0.25, -0.2) is 0 Å². The summed E-state index contributed by atoms with van der Waals surface area (Å²) in [5, 5.41) is 8.19. The maximum atomic E-state index is 6.00. The fourth-order valence-corrected chi connectivity index (χ4v) is 3.18. The Labute approximate surface area is 129 Å². The highest BCUT2D eigenvalue weighted by molar-refractivity contribution is 6.30. The van der Waals surface area contributed by atoms with E-state index in [1.54, 1.807) is 0 Å². The van der Waals surface area contributed by atoms with E-state index < -0.39 is 0 Å². The maximum absolute atomic E-state index is 6.00. The number of hydrogen-bond donors (Lipinski definition) is 1. The van der Waals surface area contributed by atoms with Crippen LogP contribution in [0.3, 0.4) is 0 Å². The largest absolute Gasteiger partial charge is 0.339 e. The molecule has 0 spiro atoms. The van der Waals surface area contributed by atoms with Crippen LogP contribution in [0.15, 0.2) is 28.8 Å². The molecule has 0 saturated heterocycles. The van der Waals surface area contributed by atoms with Crippen LogP contribution in [0, 0.1) is 0 Å². The van der Waals surface area contributed by atoms with Gasteiger partial charge in [0.25, 0.3) is 0 Å². The quantitative estimate of drug-likeness (QED) is 0.938. The molecule has 21 heavy (non-hydrogen) atoms. The van der Waals surface area contributed by atoms with Gasteiger partial charge in [0, 0.05) is 23.4 Å². The Hall–Kier alpha value is -1.39. The molecular weight excluding hydrogens is 286 g/mol. The Morgan fingerprint density at radius 1 is 1.29 bits per heavy atom. The highest BCUT2D eigenvalue weighted by Gasteiger charge is 2.25. The third-order valence-electron chi connectivity index (χ3n) is 4.22. The van der Waals surface area contributed by atoms with Gasteiger partial charge in [0.1, 0.15) is 0 Å². The molecule has 0 unspecified atom stereocenters. The highest BCUT2D eigenvalue weighted by atomic mass is 35.5. The third-order valence-corrected chi connectivity index (χ3v) is 4.45. The van der Waals surface area contributed by atoms with Gasteiger partial charge in [-0.1, -0.05) is 28.9 Å². The summed E-state index contributed by atoms with van der Waals surface area (Å²) in [4.78, 5) is 4.57. The minimum Gasteiger partial charge on any atom is -0.339 e. The van der Waals surface area contributed by atoms with E-state index in [2.05, 4.69) is 15.5 Å². The summed E-state index contributed by atoms with van der Waals surface area (Å²) >= 11 is 6.00. The molecule has 1 aliphatic carbocycles. The van der Waals surface area contributed by atoms with Crippen molar-refractivity contribution in [2.24, 2.45) is 0 Å². The smallest absolute Gasteiger partial charge is 0.229 e. The zero-order chi connectivity index (χ0) is 14.7. The van der Waals surface area contributed by atoms with Crippen molar-refractivity contribution in [1.29, 1.82) is 0 Å². The predicted octanol–water partition coefficient (Wildman–Crippen LogP) is 3.56. The van der Waals surface area contributed by atoms with Crippen LogP contribution in [-0.4, -0.2) is 23.2 Å². The Bertz CT molecular complexity index is 591. The van der Waals surface area contributed by atoms with Crippen LogP contribution >= 0.6 is 11.6 Å². The van der Waals surface area contributed by atoms with Crippen molar-refractivity contribution in [2.45, 2.75) is 44.1 Å². The van der Waals surface area contributed by atoms with E-state index in [1.807, 2.05) is 31.3 Å². The molecule has 0 amide bonds. The summed E-state index contributed by atoms with van der Waals surface area (Å²) in [7, 11) is 2.03. The van der Waals surface area contributed by atoms with Crippen molar-refractivity contribution in [2.75, 3.05) is 7.05 Å². The molecule has 3 rings (SSSR count). The zero-order valence-corrected chi connectivity index (χ0v) is 12.9. The predicted molar refractivity (Wildman–Crippen MR) is 82.6 cm³/mol. The van der Waals surface area contributed by atoms with Gasteiger partial charge in [-0.3, -0.25) is 0 Å². The molecule has 1 fully saturated rings. The summed E-state index contributed by atoms with van der Waals surface area (Å²) in [6.45, 7) is 0. The number of nitrogens with zero attached hydrogens (tertiary/aromatic N) is 2. The lowest BCUT2D eigenvalue weighted by atomic mass is 9.86. The summed E-state index contributed by atoms with van der Waals surface area (Å²) < 4.78 is 5.46. The fourth-order valence-electron chi connectivity index (χ4n) is 2.96. The lowest BCUT2D eigenvalue weighted by Crippen LogP contribution is -2.29. The van der Waals surface area contributed by atoms with Crippen LogP contribution in [0.25, 0.3) is 0 Å². The number of rotatable bonds is 4. The van der Waals surface area contributed by atoms with Gasteiger partial charge in [-0.05, 0) is 50.4 Å². The Morgan fingerprint density at radius 3 is 2.81 bits per heavy atom. The molecular formula is C16H20ClN3O. The van der Waals surface area contributed by atoms with Crippen molar-refractivity contribution >= 4 is 11.6 Å². The van der Waals surface area contributed by atoms with Crippen LogP contribution in [0.2, 0.25) is 5.02 Å². The van der Waals surface area contributed by atoms with E-state index in [0.29, 0.717) is 18.4 Å². The van der Waals surface area contributed by atoms with E-state index in [1.165, 1.54) is 12.8 Å². The molecule has 1 aromatic heterocycles. The third kappa shape index (κ3) is 3.63. The first kappa shape index (κ1) is 14.5. The molecule has 112 valence electrons. The Kier molecular flexibility index (Phi) is 4.56. The standard InChI is InChI=1S/C16H20ClN3O/c1-18-14-7-5-12(6-8-14)16-19-15(20-21-16)10-11-3-2-4-13(17)9-11/h2-4,9,12,14,18H,5-8,10H2,1H3. The molecule has 1 aliphatic rings. The topological polar surface area (TPSA) is 51.0 Å². The molecule has 1 N–H and O–H groups in total. The second-order valence-electron chi connectivity index (χ2n) is 5.69. The van der Waals surface area contributed by atoms with Crippen LogP contribution in [0.1, 0.15) is 48.9 Å². The van der Waals surface area contributed by atoms with Gasteiger partial charge < -0.3 is 9.84 Å². The Balaban J connectivity index is 1.64. The van der Waals surface area contributed by atoms with E-state index in [0.717, 1.165) is 35.1 Å². The van der Waals surface area contributed by atoms with Gasteiger partial charge in [0.15, 0.2) is 5.82 Å².